The Kier molecular flexibility index (Phi) is 4.58. The van der Waals surface area contributed by atoms with Gasteiger partial charge in [-0.25, -0.2) is 9.67 Å². The van der Waals surface area contributed by atoms with Crippen LogP contribution in [0.4, 0.5) is 11.4 Å². The number of nitrogens with zero attached hydrogens (tertiary/aromatic N) is 3. The Balaban J connectivity index is 1.70. The van der Waals surface area contributed by atoms with Crippen LogP contribution in [-0.4, -0.2) is 26.6 Å². The normalized spacial score (nSPS) is 13.0. The number of amides is 2. The molecular formula is C21H23N5O2. The van der Waals surface area contributed by atoms with Crippen LogP contribution >= 0.6 is 0 Å². The van der Waals surface area contributed by atoms with Crippen molar-refractivity contribution in [3.63, 3.8) is 0 Å². The van der Waals surface area contributed by atoms with Gasteiger partial charge in [-0.05, 0) is 62.9 Å². The summed E-state index contributed by atoms with van der Waals surface area (Å²) in [5.74, 6) is -0.283. The zero-order valence-electron chi connectivity index (χ0n) is 16.2. The van der Waals surface area contributed by atoms with Crippen molar-refractivity contribution in [2.24, 2.45) is 0 Å². The highest BCUT2D eigenvalue weighted by Gasteiger charge is 2.26. The molecule has 0 unspecified atom stereocenters. The van der Waals surface area contributed by atoms with Crippen LogP contribution in [0, 0.1) is 0 Å². The highest BCUT2D eigenvalue weighted by atomic mass is 16.2. The minimum atomic E-state index is -0.152. The second-order valence-corrected chi connectivity index (χ2v) is 7.40. The molecule has 0 saturated carbocycles. The first-order chi connectivity index (χ1) is 13.4. The maximum Gasteiger partial charge on any atom is 0.256 e. The second-order valence-electron chi connectivity index (χ2n) is 7.40. The highest BCUT2D eigenvalue weighted by molar-refractivity contribution is 6.13. The van der Waals surface area contributed by atoms with Crippen molar-refractivity contribution in [2.45, 2.75) is 46.1 Å². The van der Waals surface area contributed by atoms with Crippen molar-refractivity contribution < 1.29 is 9.59 Å². The van der Waals surface area contributed by atoms with Gasteiger partial charge in [0.05, 0.1) is 17.1 Å². The van der Waals surface area contributed by atoms with E-state index in [-0.39, 0.29) is 17.9 Å². The first-order valence-electron chi connectivity index (χ1n) is 9.52. The topological polar surface area (TPSA) is 88.9 Å². The van der Waals surface area contributed by atoms with Crippen molar-refractivity contribution in [1.82, 2.24) is 14.8 Å². The van der Waals surface area contributed by atoms with Crippen LogP contribution in [-0.2, 0) is 17.6 Å². The van der Waals surface area contributed by atoms with Crippen LogP contribution in [0.25, 0.3) is 11.0 Å². The molecule has 0 atom stereocenters. The molecule has 7 nitrogen and oxygen atoms in total. The van der Waals surface area contributed by atoms with Crippen LogP contribution in [0.15, 0.2) is 30.5 Å². The highest BCUT2D eigenvalue weighted by Crippen LogP contribution is 2.31. The Morgan fingerprint density at radius 3 is 2.39 bits per heavy atom. The van der Waals surface area contributed by atoms with Gasteiger partial charge in [0.2, 0.25) is 5.91 Å². The largest absolute Gasteiger partial charge is 0.326 e. The van der Waals surface area contributed by atoms with E-state index in [9.17, 15) is 9.59 Å². The number of hydrogen-bond donors (Lipinski definition) is 2. The molecule has 28 heavy (non-hydrogen) atoms. The lowest BCUT2D eigenvalue weighted by atomic mass is 10.0. The smallest absolute Gasteiger partial charge is 0.256 e. The third kappa shape index (κ3) is 3.24. The van der Waals surface area contributed by atoms with Crippen molar-refractivity contribution >= 4 is 34.2 Å². The molecular weight excluding hydrogens is 354 g/mol. The summed E-state index contributed by atoms with van der Waals surface area (Å²) >= 11 is 0. The molecule has 2 N–H and O–H groups in total. The van der Waals surface area contributed by atoms with Crippen LogP contribution < -0.4 is 10.6 Å². The number of rotatable bonds is 4. The van der Waals surface area contributed by atoms with Gasteiger partial charge in [0.15, 0.2) is 5.65 Å². The Morgan fingerprint density at radius 2 is 1.75 bits per heavy atom. The molecule has 0 spiro atoms. The molecule has 1 aromatic carbocycles. The molecule has 0 saturated heterocycles. The lowest BCUT2D eigenvalue weighted by molar-refractivity contribution is -0.114. The zero-order valence-corrected chi connectivity index (χ0v) is 16.2. The number of fused-ring (bicyclic) bond motifs is 2. The lowest BCUT2D eigenvalue weighted by Crippen LogP contribution is -2.16. The Bertz CT molecular complexity index is 1070. The van der Waals surface area contributed by atoms with Gasteiger partial charge in [0.25, 0.3) is 5.91 Å². The molecule has 0 radical (unpaired) electrons. The summed E-state index contributed by atoms with van der Waals surface area (Å²) in [6.07, 6.45) is 4.50. The van der Waals surface area contributed by atoms with Gasteiger partial charge in [0, 0.05) is 30.0 Å². The molecule has 7 heteroatoms. The number of aryl methyl sites for hydroxylation is 1. The third-order valence-electron chi connectivity index (χ3n) is 4.95. The summed E-state index contributed by atoms with van der Waals surface area (Å²) in [4.78, 5) is 29.1. The summed E-state index contributed by atoms with van der Waals surface area (Å²) in [5.41, 5.74) is 4.84. The molecule has 1 aliphatic carbocycles. The quantitative estimate of drug-likeness (QED) is 0.725. The predicted octanol–water partition coefficient (Wildman–Crippen LogP) is 3.71. The maximum absolute atomic E-state index is 13.2. The Morgan fingerprint density at radius 1 is 1.07 bits per heavy atom. The van der Waals surface area contributed by atoms with Crippen LogP contribution in [0.1, 0.15) is 54.8 Å². The fraction of sp³-hybridized carbons (Fsp3) is 0.333. The summed E-state index contributed by atoms with van der Waals surface area (Å²) < 4.78 is 1.87. The molecule has 144 valence electrons. The number of benzene rings is 1. The first-order valence-corrected chi connectivity index (χ1v) is 9.52. The van der Waals surface area contributed by atoms with Crippen LogP contribution in [0.3, 0.4) is 0 Å². The average Bonchev–Trinajstić information content (AvgIpc) is 3.27. The molecule has 0 bridgehead atoms. The van der Waals surface area contributed by atoms with E-state index >= 15 is 0 Å². The van der Waals surface area contributed by atoms with Crippen molar-refractivity contribution in [3.8, 4) is 0 Å². The van der Waals surface area contributed by atoms with E-state index in [1.807, 2.05) is 4.68 Å². The molecule has 1 aliphatic rings. The number of anilines is 2. The van der Waals surface area contributed by atoms with E-state index in [2.05, 4.69) is 29.6 Å². The molecule has 0 fully saturated rings. The van der Waals surface area contributed by atoms with Gasteiger partial charge in [-0.3, -0.25) is 9.59 Å². The fourth-order valence-electron chi connectivity index (χ4n) is 3.73. The third-order valence-corrected chi connectivity index (χ3v) is 4.95. The Labute approximate surface area is 163 Å². The monoisotopic (exact) mass is 377 g/mol. The molecule has 2 amide bonds. The second kappa shape index (κ2) is 7.07. The molecule has 2 aromatic heterocycles. The van der Waals surface area contributed by atoms with Crippen molar-refractivity contribution in [2.75, 3.05) is 10.6 Å². The standard InChI is InChI=1S/C21H23N5O2/c1-12(2)26-20-17(11-22-26)19(16-5-4-6-18(16)25-20)21(28)24-15-9-7-14(8-10-15)23-13(3)27/h7-12H,4-6H2,1-3H3,(H,23,27)(H,24,28). The van der Waals surface area contributed by atoms with E-state index in [1.165, 1.54) is 6.92 Å². The van der Waals surface area contributed by atoms with Crippen molar-refractivity contribution in [3.05, 3.63) is 47.3 Å². The fourth-order valence-corrected chi connectivity index (χ4v) is 3.73. The zero-order chi connectivity index (χ0) is 19.8. The minimum absolute atomic E-state index is 0.131. The number of aromatic nitrogens is 3. The van der Waals surface area contributed by atoms with E-state index in [0.717, 1.165) is 41.6 Å². The maximum atomic E-state index is 13.2. The summed E-state index contributed by atoms with van der Waals surface area (Å²) in [5, 5.41) is 11.0. The van der Waals surface area contributed by atoms with Gasteiger partial charge in [-0.2, -0.15) is 5.10 Å². The summed E-state index contributed by atoms with van der Waals surface area (Å²) in [6, 6.07) is 7.25. The van der Waals surface area contributed by atoms with E-state index in [1.54, 1.807) is 30.5 Å². The average molecular weight is 377 g/mol. The van der Waals surface area contributed by atoms with Crippen molar-refractivity contribution in [1.29, 1.82) is 0 Å². The molecule has 3 aromatic rings. The Hall–Kier alpha value is -3.22. The number of carbonyl (C=O) groups excluding carboxylic acids is 2. The number of pyridine rings is 1. The van der Waals surface area contributed by atoms with Gasteiger partial charge in [-0.1, -0.05) is 0 Å². The van der Waals surface area contributed by atoms with Crippen LogP contribution in [0.2, 0.25) is 0 Å². The van der Waals surface area contributed by atoms with Gasteiger partial charge in [-0.15, -0.1) is 0 Å². The van der Waals surface area contributed by atoms with Crippen LogP contribution in [0.5, 0.6) is 0 Å². The van der Waals surface area contributed by atoms with Gasteiger partial charge >= 0.3 is 0 Å². The van der Waals surface area contributed by atoms with Gasteiger partial charge < -0.3 is 10.6 Å². The summed E-state index contributed by atoms with van der Waals surface area (Å²) in [7, 11) is 0. The minimum Gasteiger partial charge on any atom is -0.326 e. The van der Waals surface area contributed by atoms with Gasteiger partial charge in [0.1, 0.15) is 0 Å². The number of hydrogen-bond acceptors (Lipinski definition) is 4. The summed E-state index contributed by atoms with van der Waals surface area (Å²) in [6.45, 7) is 5.57. The van der Waals surface area contributed by atoms with E-state index < -0.39 is 0 Å². The number of carbonyl (C=O) groups is 2. The van der Waals surface area contributed by atoms with E-state index in [4.69, 9.17) is 4.98 Å². The molecule has 2 heterocycles. The number of nitrogens with one attached hydrogen (secondary N) is 2. The first kappa shape index (κ1) is 18.2. The SMILES string of the molecule is CC(=O)Nc1ccc(NC(=O)c2c3c(nc4c2cnn4C(C)C)CCC3)cc1. The van der Waals surface area contributed by atoms with E-state index in [0.29, 0.717) is 16.9 Å². The lowest BCUT2D eigenvalue weighted by Gasteiger charge is -2.13. The predicted molar refractivity (Wildman–Crippen MR) is 109 cm³/mol. The molecule has 4 rings (SSSR count). The molecule has 0 aliphatic heterocycles.